The minimum absolute atomic E-state index is 0.0347. The Morgan fingerprint density at radius 2 is 1.94 bits per heavy atom. The standard InChI is InChI=1S/C6H7NO.C4H6O5/c1-7-5-3-2-4-6(7)8;5-2(4(8)9)1-3(6)7/h2-5H,1H3;2,5H,1H2,(H,6,7)(H,8,9). The van der Waals surface area contributed by atoms with Crippen LogP contribution in [0.15, 0.2) is 29.2 Å². The number of aliphatic hydroxyl groups excluding tert-OH is 1. The highest BCUT2D eigenvalue weighted by atomic mass is 16.4. The number of carbonyl (C=O) groups is 2. The van der Waals surface area contributed by atoms with Crippen LogP contribution in [0.25, 0.3) is 0 Å². The van der Waals surface area contributed by atoms with Gasteiger partial charge in [0.2, 0.25) is 5.56 Å². The monoisotopic (exact) mass is 243 g/mol. The van der Waals surface area contributed by atoms with E-state index in [0.29, 0.717) is 0 Å². The van der Waals surface area contributed by atoms with Gasteiger partial charge in [-0.3, -0.25) is 9.59 Å². The zero-order valence-electron chi connectivity index (χ0n) is 9.11. The number of aliphatic hydroxyl groups is 1. The molecule has 0 saturated carbocycles. The number of aliphatic carboxylic acids is 2. The van der Waals surface area contributed by atoms with E-state index in [9.17, 15) is 14.4 Å². The Hall–Kier alpha value is -2.15. The first-order valence-corrected chi connectivity index (χ1v) is 4.59. The average Bonchev–Trinajstić information content (AvgIpc) is 2.22. The Kier molecular flexibility index (Phi) is 6.27. The van der Waals surface area contributed by atoms with Gasteiger partial charge in [0.25, 0.3) is 0 Å². The summed E-state index contributed by atoms with van der Waals surface area (Å²) in [4.78, 5) is 30.0. The maximum Gasteiger partial charge on any atom is 0.333 e. The molecule has 1 heterocycles. The summed E-state index contributed by atoms with van der Waals surface area (Å²) >= 11 is 0. The van der Waals surface area contributed by atoms with Crippen molar-refractivity contribution in [3.63, 3.8) is 0 Å². The zero-order valence-corrected chi connectivity index (χ0v) is 9.11. The molecule has 1 atom stereocenters. The van der Waals surface area contributed by atoms with E-state index in [2.05, 4.69) is 0 Å². The van der Waals surface area contributed by atoms with Crippen molar-refractivity contribution in [3.05, 3.63) is 34.7 Å². The fourth-order valence-corrected chi connectivity index (χ4v) is 0.760. The van der Waals surface area contributed by atoms with Gasteiger partial charge in [-0.05, 0) is 6.07 Å². The number of nitrogens with zero attached hydrogens (tertiary/aromatic N) is 1. The number of carboxylic acids is 2. The van der Waals surface area contributed by atoms with Crippen molar-refractivity contribution in [3.8, 4) is 0 Å². The lowest BCUT2D eigenvalue weighted by Crippen LogP contribution is -2.22. The lowest BCUT2D eigenvalue weighted by Gasteiger charge is -1.97. The molecule has 0 aliphatic carbocycles. The molecule has 94 valence electrons. The lowest BCUT2D eigenvalue weighted by molar-refractivity contribution is -0.152. The first-order valence-electron chi connectivity index (χ1n) is 4.59. The molecule has 1 rings (SSSR count). The maximum atomic E-state index is 10.6. The van der Waals surface area contributed by atoms with Crippen molar-refractivity contribution >= 4 is 11.9 Å². The normalized spacial score (nSPS) is 10.9. The van der Waals surface area contributed by atoms with Crippen LogP contribution in [0.2, 0.25) is 0 Å². The van der Waals surface area contributed by atoms with Gasteiger partial charge >= 0.3 is 11.9 Å². The van der Waals surface area contributed by atoms with Crippen LogP contribution in [0.4, 0.5) is 0 Å². The van der Waals surface area contributed by atoms with E-state index in [1.165, 1.54) is 10.6 Å². The lowest BCUT2D eigenvalue weighted by atomic mass is 10.3. The van der Waals surface area contributed by atoms with Crippen molar-refractivity contribution in [2.75, 3.05) is 0 Å². The van der Waals surface area contributed by atoms with Crippen LogP contribution >= 0.6 is 0 Å². The van der Waals surface area contributed by atoms with Gasteiger partial charge in [-0.25, -0.2) is 4.79 Å². The predicted molar refractivity (Wildman–Crippen MR) is 57.6 cm³/mol. The number of hydrogen-bond acceptors (Lipinski definition) is 4. The van der Waals surface area contributed by atoms with Gasteiger partial charge < -0.3 is 19.9 Å². The molecule has 1 aromatic heterocycles. The van der Waals surface area contributed by atoms with Crippen molar-refractivity contribution in [1.29, 1.82) is 0 Å². The second-order valence-corrected chi connectivity index (χ2v) is 3.10. The summed E-state index contributed by atoms with van der Waals surface area (Å²) in [7, 11) is 1.72. The maximum absolute atomic E-state index is 10.6. The van der Waals surface area contributed by atoms with Crippen LogP contribution < -0.4 is 5.56 Å². The summed E-state index contributed by atoms with van der Waals surface area (Å²) in [6.45, 7) is 0. The Morgan fingerprint density at radius 1 is 1.35 bits per heavy atom. The molecule has 0 aromatic carbocycles. The number of carboxylic acid groups (broad SMARTS) is 2. The molecule has 7 nitrogen and oxygen atoms in total. The van der Waals surface area contributed by atoms with Gasteiger partial charge in [0.05, 0.1) is 6.42 Å². The Bertz CT molecular complexity index is 438. The zero-order chi connectivity index (χ0) is 13.4. The predicted octanol–water partition coefficient (Wildman–Crippen LogP) is -0.708. The van der Waals surface area contributed by atoms with Crippen molar-refractivity contribution in [2.24, 2.45) is 7.05 Å². The third kappa shape index (κ3) is 6.85. The number of hydrogen-bond donors (Lipinski definition) is 3. The van der Waals surface area contributed by atoms with Gasteiger partial charge in [-0.15, -0.1) is 0 Å². The fourth-order valence-electron chi connectivity index (χ4n) is 0.760. The minimum atomic E-state index is -1.79. The summed E-state index contributed by atoms with van der Waals surface area (Å²) in [5.74, 6) is -2.85. The smallest absolute Gasteiger partial charge is 0.333 e. The molecule has 17 heavy (non-hydrogen) atoms. The highest BCUT2D eigenvalue weighted by molar-refractivity contribution is 5.79. The largest absolute Gasteiger partial charge is 0.481 e. The Morgan fingerprint density at radius 3 is 2.18 bits per heavy atom. The summed E-state index contributed by atoms with van der Waals surface area (Å²) in [6, 6.07) is 5.07. The van der Waals surface area contributed by atoms with Crippen LogP contribution in [-0.2, 0) is 16.6 Å². The second-order valence-electron chi connectivity index (χ2n) is 3.10. The van der Waals surface area contributed by atoms with E-state index < -0.39 is 24.5 Å². The van der Waals surface area contributed by atoms with E-state index in [4.69, 9.17) is 15.3 Å². The molecule has 0 spiro atoms. The molecule has 0 radical (unpaired) electrons. The molecule has 0 aliphatic rings. The highest BCUT2D eigenvalue weighted by Gasteiger charge is 2.16. The highest BCUT2D eigenvalue weighted by Crippen LogP contribution is 1.89. The molecule has 7 heteroatoms. The van der Waals surface area contributed by atoms with Crippen LogP contribution in [0.5, 0.6) is 0 Å². The Balaban J connectivity index is 0.000000302. The molecule has 0 bridgehead atoms. The molecule has 0 amide bonds. The van der Waals surface area contributed by atoms with E-state index in [1.54, 1.807) is 19.3 Å². The summed E-state index contributed by atoms with van der Waals surface area (Å²) < 4.78 is 1.53. The molecule has 3 N–H and O–H groups in total. The molecular formula is C10H13NO6. The summed E-state index contributed by atoms with van der Waals surface area (Å²) in [5, 5.41) is 24.1. The first-order chi connectivity index (χ1) is 7.84. The Labute approximate surface area is 96.6 Å². The van der Waals surface area contributed by atoms with Crippen LogP contribution in [0.1, 0.15) is 6.42 Å². The number of aromatic nitrogens is 1. The van der Waals surface area contributed by atoms with Crippen LogP contribution in [0.3, 0.4) is 0 Å². The van der Waals surface area contributed by atoms with Gasteiger partial charge in [-0.1, -0.05) is 6.07 Å². The van der Waals surface area contributed by atoms with Gasteiger partial charge in [0.1, 0.15) is 0 Å². The third-order valence-electron chi connectivity index (χ3n) is 1.66. The van der Waals surface area contributed by atoms with Gasteiger partial charge in [0, 0.05) is 19.3 Å². The van der Waals surface area contributed by atoms with Crippen molar-refractivity contribution in [2.45, 2.75) is 12.5 Å². The topological polar surface area (TPSA) is 117 Å². The molecule has 1 unspecified atom stereocenters. The fraction of sp³-hybridized carbons (Fsp3) is 0.300. The van der Waals surface area contributed by atoms with Gasteiger partial charge in [0.15, 0.2) is 6.10 Å². The second kappa shape index (κ2) is 7.18. The SMILES string of the molecule is Cn1ccccc1=O.O=C(O)CC(O)C(=O)O. The molecule has 0 fully saturated rings. The molecular weight excluding hydrogens is 230 g/mol. The van der Waals surface area contributed by atoms with E-state index in [1.807, 2.05) is 6.07 Å². The molecule has 0 saturated heterocycles. The van der Waals surface area contributed by atoms with Crippen LogP contribution in [-0.4, -0.2) is 37.9 Å². The number of rotatable bonds is 3. The van der Waals surface area contributed by atoms with Crippen LogP contribution in [0, 0.1) is 0 Å². The molecule has 0 aliphatic heterocycles. The minimum Gasteiger partial charge on any atom is -0.481 e. The average molecular weight is 243 g/mol. The summed E-state index contributed by atoms with van der Waals surface area (Å²) in [5.41, 5.74) is 0.0347. The number of aryl methyl sites for hydroxylation is 1. The summed E-state index contributed by atoms with van der Waals surface area (Å²) in [6.07, 6.45) is -0.819. The van der Waals surface area contributed by atoms with E-state index in [-0.39, 0.29) is 5.56 Å². The molecule has 1 aromatic rings. The van der Waals surface area contributed by atoms with Crippen molar-refractivity contribution in [1.82, 2.24) is 4.57 Å². The first kappa shape index (κ1) is 14.8. The quantitative estimate of drug-likeness (QED) is 0.645. The van der Waals surface area contributed by atoms with E-state index >= 15 is 0 Å². The van der Waals surface area contributed by atoms with Gasteiger partial charge in [-0.2, -0.15) is 0 Å². The van der Waals surface area contributed by atoms with Crippen molar-refractivity contribution < 1.29 is 24.9 Å². The number of pyridine rings is 1. The van der Waals surface area contributed by atoms with E-state index in [0.717, 1.165) is 0 Å². The third-order valence-corrected chi connectivity index (χ3v) is 1.66.